The van der Waals surface area contributed by atoms with Crippen molar-refractivity contribution in [2.45, 2.75) is 25.9 Å². The Kier molecular flexibility index (Phi) is 5.73. The molecule has 1 atom stereocenters. The second-order valence-electron chi connectivity index (χ2n) is 7.79. The van der Waals surface area contributed by atoms with Crippen LogP contribution in [0, 0.1) is 0 Å². The highest BCUT2D eigenvalue weighted by Crippen LogP contribution is 2.24. The quantitative estimate of drug-likeness (QED) is 0.471. The molecule has 1 N–H and O–H groups in total. The van der Waals surface area contributed by atoms with Gasteiger partial charge in [0, 0.05) is 43.0 Å². The molecule has 1 aliphatic heterocycles. The third-order valence-electron chi connectivity index (χ3n) is 5.30. The molecule has 3 aromatic heterocycles. The van der Waals surface area contributed by atoms with Crippen molar-refractivity contribution in [2.75, 3.05) is 24.5 Å². The molecular weight excluding hydrogens is 432 g/mol. The second kappa shape index (κ2) is 8.98. The van der Waals surface area contributed by atoms with Gasteiger partial charge in [-0.25, -0.2) is 4.98 Å². The van der Waals surface area contributed by atoms with E-state index in [9.17, 15) is 8.78 Å². The molecule has 0 radical (unpaired) electrons. The molecule has 12 heteroatoms. The normalized spacial score (nSPS) is 16.5. The molecule has 1 fully saturated rings. The number of nitrogens with zero attached hydrogens (tertiary/aromatic N) is 8. The van der Waals surface area contributed by atoms with Crippen LogP contribution in [0.3, 0.4) is 0 Å². The number of pyridine rings is 1. The summed E-state index contributed by atoms with van der Waals surface area (Å²) in [6.45, 7) is 5.32. The van der Waals surface area contributed by atoms with Gasteiger partial charge in [0.1, 0.15) is 5.82 Å². The molecule has 5 rings (SSSR count). The summed E-state index contributed by atoms with van der Waals surface area (Å²) in [5, 5.41) is 23.1. The van der Waals surface area contributed by atoms with Crippen molar-refractivity contribution in [1.29, 1.82) is 0 Å². The van der Waals surface area contributed by atoms with Crippen molar-refractivity contribution in [3.8, 4) is 22.8 Å². The van der Waals surface area contributed by atoms with E-state index in [0.29, 0.717) is 24.0 Å². The van der Waals surface area contributed by atoms with Crippen molar-refractivity contribution in [1.82, 2.24) is 40.7 Å². The number of hydrogen-bond donors (Lipinski definition) is 1. The van der Waals surface area contributed by atoms with Crippen LogP contribution in [0.2, 0.25) is 0 Å². The fourth-order valence-corrected chi connectivity index (χ4v) is 3.63. The Morgan fingerprint density at radius 3 is 2.61 bits per heavy atom. The molecule has 10 nitrogen and oxygen atoms in total. The molecule has 1 aromatic carbocycles. The van der Waals surface area contributed by atoms with E-state index in [1.807, 2.05) is 24.3 Å². The van der Waals surface area contributed by atoms with Crippen LogP contribution in [-0.2, 0) is 6.54 Å². The van der Waals surface area contributed by atoms with Crippen molar-refractivity contribution in [2.24, 2.45) is 0 Å². The lowest BCUT2D eigenvalue weighted by atomic mass is 10.1. The number of hydrogen-bond acceptors (Lipinski definition) is 9. The molecule has 4 aromatic rings. The number of nitrogens with one attached hydrogen (secondary N) is 1. The van der Waals surface area contributed by atoms with Crippen molar-refractivity contribution < 1.29 is 13.2 Å². The zero-order valence-corrected chi connectivity index (χ0v) is 17.8. The van der Waals surface area contributed by atoms with E-state index < -0.39 is 12.3 Å². The van der Waals surface area contributed by atoms with Crippen LogP contribution in [0.5, 0.6) is 0 Å². The summed E-state index contributed by atoms with van der Waals surface area (Å²) in [6.07, 6.45) is -1.04. The Morgan fingerprint density at radius 1 is 1.09 bits per heavy atom. The molecule has 1 aliphatic rings. The lowest BCUT2D eigenvalue weighted by molar-refractivity contribution is 0.116. The van der Waals surface area contributed by atoms with Crippen molar-refractivity contribution in [3.05, 3.63) is 54.0 Å². The minimum atomic E-state index is -2.80. The van der Waals surface area contributed by atoms with Crippen LogP contribution in [0.4, 0.5) is 14.6 Å². The first-order valence-corrected chi connectivity index (χ1v) is 10.5. The first-order valence-electron chi connectivity index (χ1n) is 10.5. The molecular formula is C21H21F2N9O. The van der Waals surface area contributed by atoms with E-state index in [1.165, 1.54) is 4.80 Å². The zero-order valence-electron chi connectivity index (χ0n) is 17.8. The smallest absolute Gasteiger partial charge is 0.314 e. The molecule has 33 heavy (non-hydrogen) atoms. The number of benzene rings is 1. The number of tetrazole rings is 1. The fraction of sp³-hybridized carbons (Fsp3) is 0.333. The summed E-state index contributed by atoms with van der Waals surface area (Å²) in [5.74, 6) is 0.772. The average molecular weight is 453 g/mol. The van der Waals surface area contributed by atoms with Gasteiger partial charge < -0.3 is 14.6 Å². The summed E-state index contributed by atoms with van der Waals surface area (Å²) in [7, 11) is 0. The van der Waals surface area contributed by atoms with Gasteiger partial charge in [-0.2, -0.15) is 13.6 Å². The highest BCUT2D eigenvalue weighted by molar-refractivity contribution is 5.56. The molecule has 0 unspecified atom stereocenters. The molecule has 0 aliphatic carbocycles. The summed E-state index contributed by atoms with van der Waals surface area (Å²) in [4.78, 5) is 8.31. The van der Waals surface area contributed by atoms with E-state index in [-0.39, 0.29) is 5.89 Å². The molecule has 0 amide bonds. The third kappa shape index (κ3) is 4.70. The lowest BCUT2D eigenvalue weighted by Gasteiger charge is -2.32. The van der Waals surface area contributed by atoms with Crippen molar-refractivity contribution >= 4 is 5.82 Å². The van der Waals surface area contributed by atoms with Crippen LogP contribution in [-0.4, -0.2) is 61.1 Å². The predicted octanol–water partition coefficient (Wildman–Crippen LogP) is 2.57. The Balaban J connectivity index is 1.24. The average Bonchev–Trinajstić information content (AvgIpc) is 3.50. The van der Waals surface area contributed by atoms with Crippen LogP contribution in [0.1, 0.15) is 24.8 Å². The van der Waals surface area contributed by atoms with Crippen LogP contribution in [0.15, 0.2) is 47.0 Å². The number of piperazine rings is 1. The molecule has 0 bridgehead atoms. The number of alkyl halides is 2. The molecule has 0 spiro atoms. The van der Waals surface area contributed by atoms with E-state index >= 15 is 0 Å². The van der Waals surface area contributed by atoms with Gasteiger partial charge in [0.25, 0.3) is 5.89 Å². The maximum atomic E-state index is 12.6. The number of aromatic nitrogens is 7. The molecule has 0 saturated carbocycles. The number of halogens is 2. The zero-order chi connectivity index (χ0) is 22.8. The van der Waals surface area contributed by atoms with E-state index in [1.54, 1.807) is 18.3 Å². The van der Waals surface area contributed by atoms with Gasteiger partial charge in [-0.3, -0.25) is 0 Å². The summed E-state index contributed by atoms with van der Waals surface area (Å²) in [6, 6.07) is 11.4. The lowest BCUT2D eigenvalue weighted by Crippen LogP contribution is -2.49. The Labute approximate surface area is 187 Å². The Bertz CT molecular complexity index is 1210. The van der Waals surface area contributed by atoms with E-state index in [2.05, 4.69) is 47.7 Å². The molecule has 4 heterocycles. The van der Waals surface area contributed by atoms with Gasteiger partial charge in [0.05, 0.1) is 6.54 Å². The Hall–Kier alpha value is -3.80. The molecule has 1 saturated heterocycles. The van der Waals surface area contributed by atoms with Gasteiger partial charge in [0.2, 0.25) is 11.7 Å². The standard InChI is InChI=1S/C21H21F2N9O/c1-13-11-31(9-8-24-13)17-7-6-16(10-25-17)19-26-30-32(29-19)12-14-2-4-15(5-3-14)20-27-28-21(33-20)18(22)23/h2-7,10,13,18,24H,8-9,11-12H2,1H3/t13-/m1/s1. The summed E-state index contributed by atoms with van der Waals surface area (Å²) in [5.41, 5.74) is 2.24. The van der Waals surface area contributed by atoms with Gasteiger partial charge in [-0.05, 0) is 42.0 Å². The van der Waals surface area contributed by atoms with Crippen molar-refractivity contribution in [3.63, 3.8) is 0 Å². The summed E-state index contributed by atoms with van der Waals surface area (Å²) >= 11 is 0. The maximum absolute atomic E-state index is 12.6. The second-order valence-corrected chi connectivity index (χ2v) is 7.79. The number of rotatable bonds is 6. The maximum Gasteiger partial charge on any atom is 0.314 e. The van der Waals surface area contributed by atoms with E-state index in [0.717, 1.165) is 36.6 Å². The molecule has 170 valence electrons. The van der Waals surface area contributed by atoms with Gasteiger partial charge >= 0.3 is 6.43 Å². The van der Waals surface area contributed by atoms with Crippen LogP contribution >= 0.6 is 0 Å². The monoisotopic (exact) mass is 453 g/mol. The SMILES string of the molecule is C[C@@H]1CN(c2ccc(-c3nnn(Cc4ccc(-c5nnc(C(F)F)o5)cc4)n3)cn2)CCN1. The van der Waals surface area contributed by atoms with Gasteiger partial charge in [0.15, 0.2) is 0 Å². The van der Waals surface area contributed by atoms with Crippen LogP contribution < -0.4 is 10.2 Å². The summed E-state index contributed by atoms with van der Waals surface area (Å²) < 4.78 is 30.2. The number of anilines is 1. The highest BCUT2D eigenvalue weighted by Gasteiger charge is 2.18. The first-order chi connectivity index (χ1) is 16.0. The minimum absolute atomic E-state index is 0.0456. The third-order valence-corrected chi connectivity index (χ3v) is 5.30. The van der Waals surface area contributed by atoms with Gasteiger partial charge in [-0.1, -0.05) is 12.1 Å². The minimum Gasteiger partial charge on any atom is -0.415 e. The Morgan fingerprint density at radius 2 is 1.91 bits per heavy atom. The predicted molar refractivity (Wildman–Crippen MR) is 115 cm³/mol. The van der Waals surface area contributed by atoms with Gasteiger partial charge in [-0.15, -0.1) is 20.4 Å². The van der Waals surface area contributed by atoms with Crippen LogP contribution in [0.25, 0.3) is 22.8 Å². The van der Waals surface area contributed by atoms with E-state index in [4.69, 9.17) is 4.42 Å². The topological polar surface area (TPSA) is 111 Å². The fourth-order valence-electron chi connectivity index (χ4n) is 3.63. The highest BCUT2D eigenvalue weighted by atomic mass is 19.3. The largest absolute Gasteiger partial charge is 0.415 e. The first kappa shape index (κ1) is 21.1.